The van der Waals surface area contributed by atoms with Crippen LogP contribution >= 0.6 is 0 Å². The molecule has 6 heteroatoms. The van der Waals surface area contributed by atoms with E-state index in [1.54, 1.807) is 19.1 Å². The van der Waals surface area contributed by atoms with E-state index in [1.807, 2.05) is 12.1 Å². The summed E-state index contributed by atoms with van der Waals surface area (Å²) in [6.45, 7) is 8.03. The van der Waals surface area contributed by atoms with Gasteiger partial charge in [0.2, 0.25) is 0 Å². The number of hydrogen-bond acceptors (Lipinski definition) is 4. The third-order valence-corrected chi connectivity index (χ3v) is 5.21. The second-order valence-electron chi connectivity index (χ2n) is 5.66. The molecule has 0 saturated heterocycles. The van der Waals surface area contributed by atoms with Gasteiger partial charge in [-0.3, -0.25) is 4.72 Å². The molecule has 1 aromatic carbocycles. The first kappa shape index (κ1) is 15.6. The second-order valence-corrected chi connectivity index (χ2v) is 7.35. The second kappa shape index (κ2) is 5.52. The zero-order chi connectivity index (χ0) is 15.7. The third-order valence-electron chi connectivity index (χ3n) is 3.83. The number of aromatic nitrogens is 1. The van der Waals surface area contributed by atoms with Crippen LogP contribution in [0, 0.1) is 6.92 Å². The molecule has 0 radical (unpaired) electrons. The minimum atomic E-state index is -3.62. The molecule has 2 aromatic rings. The SMILES string of the molecule is CCC(C)(C)c1ccc(S(=O)(=O)Nc2cnoc2C)cc1. The molecule has 0 fully saturated rings. The van der Waals surface area contributed by atoms with E-state index in [0.29, 0.717) is 11.4 Å². The first-order chi connectivity index (χ1) is 9.76. The van der Waals surface area contributed by atoms with Gasteiger partial charge < -0.3 is 4.52 Å². The van der Waals surface area contributed by atoms with Crippen molar-refractivity contribution in [3.8, 4) is 0 Å². The Balaban J connectivity index is 2.28. The van der Waals surface area contributed by atoms with Crippen molar-refractivity contribution in [3.63, 3.8) is 0 Å². The molecule has 0 atom stereocenters. The maximum absolute atomic E-state index is 12.3. The lowest BCUT2D eigenvalue weighted by molar-refractivity contribution is 0.398. The number of anilines is 1. The van der Waals surface area contributed by atoms with Crippen LogP contribution in [0.15, 0.2) is 39.9 Å². The summed E-state index contributed by atoms with van der Waals surface area (Å²) < 4.78 is 31.9. The Morgan fingerprint density at radius 3 is 2.33 bits per heavy atom. The molecule has 0 amide bonds. The quantitative estimate of drug-likeness (QED) is 0.918. The minimum Gasteiger partial charge on any atom is -0.359 e. The highest BCUT2D eigenvalue weighted by Crippen LogP contribution is 2.28. The van der Waals surface area contributed by atoms with Crippen molar-refractivity contribution < 1.29 is 12.9 Å². The maximum Gasteiger partial charge on any atom is 0.262 e. The summed E-state index contributed by atoms with van der Waals surface area (Å²) in [5.41, 5.74) is 1.50. The average molecular weight is 308 g/mol. The highest BCUT2D eigenvalue weighted by Gasteiger charge is 2.21. The zero-order valence-corrected chi connectivity index (χ0v) is 13.5. The van der Waals surface area contributed by atoms with Crippen molar-refractivity contribution >= 4 is 15.7 Å². The molecule has 1 aromatic heterocycles. The fourth-order valence-corrected chi connectivity index (χ4v) is 2.99. The number of hydrogen-bond donors (Lipinski definition) is 1. The zero-order valence-electron chi connectivity index (χ0n) is 12.7. The molecule has 2 rings (SSSR count). The fraction of sp³-hybridized carbons (Fsp3) is 0.400. The van der Waals surface area contributed by atoms with E-state index in [2.05, 4.69) is 30.6 Å². The van der Waals surface area contributed by atoms with Gasteiger partial charge in [0.15, 0.2) is 5.76 Å². The van der Waals surface area contributed by atoms with Gasteiger partial charge in [-0.05, 0) is 36.5 Å². The largest absolute Gasteiger partial charge is 0.359 e. The third kappa shape index (κ3) is 3.26. The van der Waals surface area contributed by atoms with Crippen LogP contribution in [0.4, 0.5) is 5.69 Å². The maximum atomic E-state index is 12.3. The van der Waals surface area contributed by atoms with Crippen LogP contribution in [0.25, 0.3) is 0 Å². The van der Waals surface area contributed by atoms with E-state index in [1.165, 1.54) is 6.20 Å². The molecule has 0 aliphatic carbocycles. The number of nitrogens with one attached hydrogen (secondary N) is 1. The Bertz CT molecular complexity index is 716. The molecule has 114 valence electrons. The lowest BCUT2D eigenvalue weighted by Gasteiger charge is -2.23. The van der Waals surface area contributed by atoms with Gasteiger partial charge in [-0.1, -0.05) is 38.1 Å². The van der Waals surface area contributed by atoms with Gasteiger partial charge in [-0.25, -0.2) is 8.42 Å². The van der Waals surface area contributed by atoms with Crippen molar-refractivity contribution in [2.45, 2.75) is 44.4 Å². The fourth-order valence-electron chi connectivity index (χ4n) is 1.89. The Labute approximate surface area is 125 Å². The van der Waals surface area contributed by atoms with Crippen molar-refractivity contribution in [1.82, 2.24) is 5.16 Å². The summed E-state index contributed by atoms with van der Waals surface area (Å²) in [5.74, 6) is 0.433. The van der Waals surface area contributed by atoms with Gasteiger partial charge in [-0.2, -0.15) is 0 Å². The summed E-state index contributed by atoms with van der Waals surface area (Å²) in [4.78, 5) is 0.221. The van der Waals surface area contributed by atoms with Crippen LogP contribution in [0.1, 0.15) is 38.5 Å². The van der Waals surface area contributed by atoms with E-state index in [9.17, 15) is 8.42 Å². The van der Waals surface area contributed by atoms with E-state index < -0.39 is 10.0 Å². The van der Waals surface area contributed by atoms with Crippen LogP contribution in [0.2, 0.25) is 0 Å². The van der Waals surface area contributed by atoms with Gasteiger partial charge in [-0.15, -0.1) is 0 Å². The van der Waals surface area contributed by atoms with E-state index in [-0.39, 0.29) is 10.3 Å². The molecule has 0 bridgehead atoms. The molecule has 0 spiro atoms. The molecule has 1 N–H and O–H groups in total. The number of sulfonamides is 1. The van der Waals surface area contributed by atoms with E-state index in [4.69, 9.17) is 4.52 Å². The summed E-state index contributed by atoms with van der Waals surface area (Å²) in [5, 5.41) is 3.56. The first-order valence-corrected chi connectivity index (χ1v) is 8.29. The van der Waals surface area contributed by atoms with Gasteiger partial charge in [0.1, 0.15) is 5.69 Å². The molecule has 1 heterocycles. The average Bonchev–Trinajstić information content (AvgIpc) is 2.84. The number of rotatable bonds is 5. The Morgan fingerprint density at radius 1 is 1.24 bits per heavy atom. The van der Waals surface area contributed by atoms with Gasteiger partial charge in [0.05, 0.1) is 11.1 Å². The molecule has 21 heavy (non-hydrogen) atoms. The van der Waals surface area contributed by atoms with Gasteiger partial charge in [0, 0.05) is 0 Å². The van der Waals surface area contributed by atoms with Gasteiger partial charge >= 0.3 is 0 Å². The lowest BCUT2D eigenvalue weighted by Crippen LogP contribution is -2.17. The highest BCUT2D eigenvalue weighted by molar-refractivity contribution is 7.92. The molecule has 0 unspecified atom stereocenters. The van der Waals surface area contributed by atoms with Gasteiger partial charge in [0.25, 0.3) is 10.0 Å². The molecular weight excluding hydrogens is 288 g/mol. The Morgan fingerprint density at radius 2 is 1.86 bits per heavy atom. The van der Waals surface area contributed by atoms with Crippen LogP contribution < -0.4 is 4.72 Å². The Kier molecular flexibility index (Phi) is 4.09. The highest BCUT2D eigenvalue weighted by atomic mass is 32.2. The van der Waals surface area contributed by atoms with Crippen LogP contribution in [0.5, 0.6) is 0 Å². The minimum absolute atomic E-state index is 0.0286. The normalized spacial score (nSPS) is 12.4. The number of benzene rings is 1. The topological polar surface area (TPSA) is 72.2 Å². The Hall–Kier alpha value is -1.82. The van der Waals surface area contributed by atoms with Crippen LogP contribution in [0.3, 0.4) is 0 Å². The lowest BCUT2D eigenvalue weighted by atomic mass is 9.82. The van der Waals surface area contributed by atoms with Crippen molar-refractivity contribution in [1.29, 1.82) is 0 Å². The number of nitrogens with zero attached hydrogens (tertiary/aromatic N) is 1. The molecular formula is C15H20N2O3S. The molecule has 0 aliphatic rings. The first-order valence-electron chi connectivity index (χ1n) is 6.81. The predicted molar refractivity (Wildman–Crippen MR) is 81.8 cm³/mol. The van der Waals surface area contributed by atoms with Crippen LogP contribution in [-0.2, 0) is 15.4 Å². The summed E-state index contributed by atoms with van der Waals surface area (Å²) >= 11 is 0. The summed E-state index contributed by atoms with van der Waals surface area (Å²) in [6, 6.07) is 6.97. The van der Waals surface area contributed by atoms with E-state index >= 15 is 0 Å². The van der Waals surface area contributed by atoms with E-state index in [0.717, 1.165) is 12.0 Å². The summed E-state index contributed by atoms with van der Waals surface area (Å²) in [7, 11) is -3.62. The molecule has 0 saturated carbocycles. The smallest absolute Gasteiger partial charge is 0.262 e. The molecule has 5 nitrogen and oxygen atoms in total. The predicted octanol–water partition coefficient (Wildman–Crippen LogP) is 3.47. The summed E-state index contributed by atoms with van der Waals surface area (Å²) in [6.07, 6.45) is 2.33. The van der Waals surface area contributed by atoms with Crippen molar-refractivity contribution in [2.24, 2.45) is 0 Å². The van der Waals surface area contributed by atoms with Crippen molar-refractivity contribution in [2.75, 3.05) is 4.72 Å². The monoisotopic (exact) mass is 308 g/mol. The van der Waals surface area contributed by atoms with Crippen molar-refractivity contribution in [3.05, 3.63) is 41.8 Å². The standard InChI is InChI=1S/C15H20N2O3S/c1-5-15(3,4)12-6-8-13(9-7-12)21(18,19)17-14-10-16-20-11(14)2/h6-10,17H,5H2,1-4H3. The van der Waals surface area contributed by atoms with Crippen LogP contribution in [-0.4, -0.2) is 13.6 Å². The number of aryl methyl sites for hydroxylation is 1. The molecule has 0 aliphatic heterocycles.